The number of methoxy groups -OCH3 is 2. The highest BCUT2D eigenvalue weighted by molar-refractivity contribution is 5.49. The highest BCUT2D eigenvalue weighted by Gasteiger charge is 2.20. The maximum absolute atomic E-state index is 14.3. The van der Waals surface area contributed by atoms with Crippen LogP contribution < -0.4 is 10.2 Å². The van der Waals surface area contributed by atoms with E-state index in [1.807, 2.05) is 12.1 Å². The van der Waals surface area contributed by atoms with Crippen molar-refractivity contribution in [2.24, 2.45) is 0 Å². The number of halogens is 1. The van der Waals surface area contributed by atoms with E-state index in [0.717, 1.165) is 38.0 Å². The van der Waals surface area contributed by atoms with Gasteiger partial charge in [-0.25, -0.2) is 4.39 Å². The van der Waals surface area contributed by atoms with Crippen LogP contribution in [0, 0.1) is 5.82 Å². The third-order valence-corrected chi connectivity index (χ3v) is 3.94. The van der Waals surface area contributed by atoms with E-state index in [1.165, 1.54) is 0 Å². The van der Waals surface area contributed by atoms with Crippen LogP contribution >= 0.6 is 0 Å². The van der Waals surface area contributed by atoms with Gasteiger partial charge in [-0.3, -0.25) is 0 Å². The zero-order valence-electron chi connectivity index (χ0n) is 12.9. The molecular weight excluding hydrogens is 271 g/mol. The summed E-state index contributed by atoms with van der Waals surface area (Å²) in [6, 6.07) is 5.49. The minimum absolute atomic E-state index is 0.142. The first-order valence-corrected chi connectivity index (χ1v) is 7.50. The van der Waals surface area contributed by atoms with Gasteiger partial charge in [-0.05, 0) is 30.5 Å². The minimum atomic E-state index is -0.142. The molecule has 118 valence electrons. The van der Waals surface area contributed by atoms with Gasteiger partial charge < -0.3 is 19.7 Å². The molecule has 1 aliphatic heterocycles. The third kappa shape index (κ3) is 4.66. The number of benzene rings is 1. The van der Waals surface area contributed by atoms with Crippen LogP contribution in [0.1, 0.15) is 18.4 Å². The number of rotatable bonds is 7. The highest BCUT2D eigenvalue weighted by Crippen LogP contribution is 2.24. The van der Waals surface area contributed by atoms with Crippen LogP contribution in [0.15, 0.2) is 18.2 Å². The second-order valence-corrected chi connectivity index (χ2v) is 5.38. The van der Waals surface area contributed by atoms with Crippen LogP contribution in [0.25, 0.3) is 0 Å². The van der Waals surface area contributed by atoms with E-state index in [1.54, 1.807) is 20.3 Å². The fourth-order valence-corrected chi connectivity index (χ4v) is 2.66. The van der Waals surface area contributed by atoms with Crippen LogP contribution in [-0.4, -0.2) is 46.6 Å². The minimum Gasteiger partial charge on any atom is -0.383 e. The zero-order valence-corrected chi connectivity index (χ0v) is 12.9. The number of nitrogens with zero attached hydrogens (tertiary/aromatic N) is 1. The van der Waals surface area contributed by atoms with Gasteiger partial charge in [0.15, 0.2) is 0 Å². The number of hydrogen-bond donors (Lipinski definition) is 1. The molecule has 1 aliphatic rings. The van der Waals surface area contributed by atoms with Gasteiger partial charge in [0.25, 0.3) is 0 Å². The maximum Gasteiger partial charge on any atom is 0.146 e. The number of ether oxygens (including phenoxy) is 2. The summed E-state index contributed by atoms with van der Waals surface area (Å²) in [5.74, 6) is -0.142. The lowest BCUT2D eigenvalue weighted by Gasteiger charge is -2.33. The van der Waals surface area contributed by atoms with E-state index in [4.69, 9.17) is 9.47 Å². The molecule has 0 atom stereocenters. The van der Waals surface area contributed by atoms with Crippen molar-refractivity contribution < 1.29 is 13.9 Å². The average molecular weight is 296 g/mol. The van der Waals surface area contributed by atoms with Crippen LogP contribution in [0.2, 0.25) is 0 Å². The van der Waals surface area contributed by atoms with Gasteiger partial charge >= 0.3 is 0 Å². The number of nitrogens with one attached hydrogen (secondary N) is 1. The molecular formula is C16H25FN2O2. The van der Waals surface area contributed by atoms with Gasteiger partial charge in [-0.1, -0.05) is 6.07 Å². The predicted octanol–water partition coefficient (Wildman–Crippen LogP) is 2.18. The number of piperidine rings is 1. The highest BCUT2D eigenvalue weighted by atomic mass is 19.1. The molecule has 0 radical (unpaired) electrons. The Balaban J connectivity index is 1.90. The van der Waals surface area contributed by atoms with Crippen molar-refractivity contribution >= 4 is 5.69 Å². The Hall–Kier alpha value is -1.17. The molecule has 0 aromatic heterocycles. The summed E-state index contributed by atoms with van der Waals surface area (Å²) in [5, 5.41) is 3.22. The smallest absolute Gasteiger partial charge is 0.146 e. The molecule has 21 heavy (non-hydrogen) atoms. The molecule has 0 bridgehead atoms. The standard InChI is InChI=1S/C16H25FN2O2/c1-20-10-7-18-12-13-3-4-16(15(17)11-13)19-8-5-14(21-2)6-9-19/h3-4,11,14,18H,5-10,12H2,1-2H3. The first-order chi connectivity index (χ1) is 10.2. The molecule has 1 fully saturated rings. The molecule has 5 heteroatoms. The SMILES string of the molecule is COCCNCc1ccc(N2CCC(OC)CC2)c(F)c1. The zero-order chi connectivity index (χ0) is 15.1. The quantitative estimate of drug-likeness (QED) is 0.782. The van der Waals surface area contributed by atoms with E-state index in [-0.39, 0.29) is 5.82 Å². The van der Waals surface area contributed by atoms with Gasteiger partial charge in [0.05, 0.1) is 18.4 Å². The van der Waals surface area contributed by atoms with Crippen molar-refractivity contribution in [3.63, 3.8) is 0 Å². The molecule has 0 spiro atoms. The van der Waals surface area contributed by atoms with Gasteiger partial charge in [0.2, 0.25) is 0 Å². The summed E-state index contributed by atoms with van der Waals surface area (Å²) in [5.41, 5.74) is 1.66. The third-order valence-electron chi connectivity index (χ3n) is 3.94. The average Bonchev–Trinajstić information content (AvgIpc) is 2.52. The summed E-state index contributed by atoms with van der Waals surface area (Å²) in [6.45, 7) is 3.79. The summed E-state index contributed by atoms with van der Waals surface area (Å²) in [4.78, 5) is 2.10. The van der Waals surface area contributed by atoms with Crippen LogP contribution in [0.4, 0.5) is 10.1 Å². The summed E-state index contributed by atoms with van der Waals surface area (Å²) < 4.78 is 24.6. The number of anilines is 1. The molecule has 4 nitrogen and oxygen atoms in total. The molecule has 1 N–H and O–H groups in total. The Morgan fingerprint density at radius 1 is 1.29 bits per heavy atom. The van der Waals surface area contributed by atoms with Crippen molar-refractivity contribution in [2.45, 2.75) is 25.5 Å². The Bertz CT molecular complexity index is 434. The molecule has 1 aromatic carbocycles. The monoisotopic (exact) mass is 296 g/mol. The summed E-state index contributed by atoms with van der Waals surface area (Å²) in [7, 11) is 3.41. The van der Waals surface area contributed by atoms with E-state index in [9.17, 15) is 4.39 Å². The second-order valence-electron chi connectivity index (χ2n) is 5.38. The van der Waals surface area contributed by atoms with Gasteiger partial charge in [0.1, 0.15) is 5.82 Å². The lowest BCUT2D eigenvalue weighted by Crippen LogP contribution is -2.37. The van der Waals surface area contributed by atoms with Crippen LogP contribution in [0.5, 0.6) is 0 Å². The van der Waals surface area contributed by atoms with E-state index in [2.05, 4.69) is 10.2 Å². The predicted molar refractivity (Wildman–Crippen MR) is 82.2 cm³/mol. The van der Waals surface area contributed by atoms with E-state index in [0.29, 0.717) is 24.9 Å². The Kier molecular flexibility index (Phi) is 6.42. The molecule has 1 saturated heterocycles. The molecule has 0 saturated carbocycles. The second kappa shape index (κ2) is 8.32. The Morgan fingerprint density at radius 3 is 2.67 bits per heavy atom. The van der Waals surface area contributed by atoms with Crippen molar-refractivity contribution in [2.75, 3.05) is 45.4 Å². The first-order valence-electron chi connectivity index (χ1n) is 7.50. The maximum atomic E-state index is 14.3. The van der Waals surface area contributed by atoms with Crippen LogP contribution in [-0.2, 0) is 16.0 Å². The molecule has 2 rings (SSSR count). The molecule has 0 unspecified atom stereocenters. The lowest BCUT2D eigenvalue weighted by molar-refractivity contribution is 0.0818. The molecule has 0 amide bonds. The topological polar surface area (TPSA) is 33.7 Å². The van der Waals surface area contributed by atoms with Crippen molar-refractivity contribution in [3.8, 4) is 0 Å². The molecule has 0 aliphatic carbocycles. The summed E-state index contributed by atoms with van der Waals surface area (Å²) in [6.07, 6.45) is 2.22. The number of hydrogen-bond acceptors (Lipinski definition) is 4. The van der Waals surface area contributed by atoms with Crippen molar-refractivity contribution in [1.82, 2.24) is 5.32 Å². The van der Waals surface area contributed by atoms with Crippen LogP contribution in [0.3, 0.4) is 0 Å². The van der Waals surface area contributed by atoms with Gasteiger partial charge in [0, 0.05) is 40.4 Å². The van der Waals surface area contributed by atoms with E-state index >= 15 is 0 Å². The fourth-order valence-electron chi connectivity index (χ4n) is 2.66. The van der Waals surface area contributed by atoms with Crippen molar-refractivity contribution in [3.05, 3.63) is 29.6 Å². The normalized spacial score (nSPS) is 16.4. The molecule has 1 heterocycles. The summed E-state index contributed by atoms with van der Waals surface area (Å²) >= 11 is 0. The Labute approximate surface area is 126 Å². The largest absolute Gasteiger partial charge is 0.383 e. The lowest BCUT2D eigenvalue weighted by atomic mass is 10.1. The fraction of sp³-hybridized carbons (Fsp3) is 0.625. The van der Waals surface area contributed by atoms with Gasteiger partial charge in [-0.15, -0.1) is 0 Å². The Morgan fingerprint density at radius 2 is 2.05 bits per heavy atom. The van der Waals surface area contributed by atoms with E-state index < -0.39 is 0 Å². The van der Waals surface area contributed by atoms with Crippen molar-refractivity contribution in [1.29, 1.82) is 0 Å². The van der Waals surface area contributed by atoms with Gasteiger partial charge in [-0.2, -0.15) is 0 Å². The first kappa shape index (κ1) is 16.2. The molecule has 1 aromatic rings.